The summed E-state index contributed by atoms with van der Waals surface area (Å²) in [4.78, 5) is 18.4. The molecule has 0 radical (unpaired) electrons. The number of fused-ring (bicyclic) bond motifs is 3. The van der Waals surface area contributed by atoms with Gasteiger partial charge in [-0.25, -0.2) is 0 Å². The summed E-state index contributed by atoms with van der Waals surface area (Å²) in [7, 11) is 0. The normalized spacial score (nSPS) is 12.2. The Labute approximate surface area is 156 Å². The van der Waals surface area contributed by atoms with Crippen LogP contribution in [0.25, 0.3) is 33.1 Å². The first-order chi connectivity index (χ1) is 12.8. The molecule has 0 atom stereocenters. The lowest BCUT2D eigenvalue weighted by Crippen LogP contribution is -2.18. The maximum atomic E-state index is 13.3. The highest BCUT2D eigenvalue weighted by Gasteiger charge is 2.31. The van der Waals surface area contributed by atoms with E-state index < -0.39 is 12.7 Å². The van der Waals surface area contributed by atoms with Gasteiger partial charge in [-0.05, 0) is 36.8 Å². The Bertz CT molecular complexity index is 1230. The fourth-order valence-electron chi connectivity index (χ4n) is 3.56. The van der Waals surface area contributed by atoms with Crippen LogP contribution in [0.2, 0.25) is 5.02 Å². The van der Waals surface area contributed by atoms with Gasteiger partial charge in [-0.3, -0.25) is 9.78 Å². The summed E-state index contributed by atoms with van der Waals surface area (Å²) in [6.07, 6.45) is -1.31. The topological polar surface area (TPSA) is 50.7 Å². The Hall–Kier alpha value is -2.80. The van der Waals surface area contributed by atoms with Gasteiger partial charge in [0.1, 0.15) is 6.54 Å². The predicted molar refractivity (Wildman–Crippen MR) is 99.1 cm³/mol. The highest BCUT2D eigenvalue weighted by atomic mass is 35.5. The van der Waals surface area contributed by atoms with Gasteiger partial charge in [0.05, 0.1) is 16.2 Å². The Morgan fingerprint density at radius 2 is 2.00 bits per heavy atom. The van der Waals surface area contributed by atoms with Crippen LogP contribution in [0, 0.1) is 6.92 Å². The molecule has 138 valence electrons. The highest BCUT2D eigenvalue weighted by Crippen LogP contribution is 2.40. The van der Waals surface area contributed by atoms with Crippen molar-refractivity contribution in [3.8, 4) is 11.3 Å². The lowest BCUT2D eigenvalue weighted by Gasteiger charge is -2.14. The van der Waals surface area contributed by atoms with E-state index in [0.29, 0.717) is 38.6 Å². The predicted octanol–water partition coefficient (Wildman–Crippen LogP) is 5.07. The first-order valence-electron chi connectivity index (χ1n) is 8.08. The minimum Gasteiger partial charge on any atom is -0.331 e. The molecule has 4 rings (SSSR count). The lowest BCUT2D eigenvalue weighted by atomic mass is 10.0. The second-order valence-corrected chi connectivity index (χ2v) is 6.69. The lowest BCUT2D eigenvalue weighted by molar-refractivity contribution is -0.139. The van der Waals surface area contributed by atoms with E-state index in [4.69, 9.17) is 11.6 Å². The molecule has 0 fully saturated rings. The number of hydrogen-bond donors (Lipinski definition) is 1. The van der Waals surface area contributed by atoms with Crippen LogP contribution < -0.4 is 5.56 Å². The maximum Gasteiger partial charge on any atom is 0.406 e. The molecule has 3 aromatic heterocycles. The molecule has 0 amide bonds. The number of hydrogen-bond acceptors (Lipinski definition) is 2. The van der Waals surface area contributed by atoms with Crippen LogP contribution in [0.15, 0.2) is 47.5 Å². The van der Waals surface area contributed by atoms with Crippen molar-refractivity contribution < 1.29 is 13.2 Å². The molecule has 4 nitrogen and oxygen atoms in total. The molecule has 0 aliphatic heterocycles. The first-order valence-corrected chi connectivity index (χ1v) is 8.45. The van der Waals surface area contributed by atoms with Gasteiger partial charge in [0, 0.05) is 40.3 Å². The average Bonchev–Trinajstić information content (AvgIpc) is 2.85. The van der Waals surface area contributed by atoms with E-state index in [0.717, 1.165) is 0 Å². The molecule has 27 heavy (non-hydrogen) atoms. The third kappa shape index (κ3) is 2.98. The first kappa shape index (κ1) is 17.6. The van der Waals surface area contributed by atoms with E-state index in [9.17, 15) is 18.0 Å². The monoisotopic (exact) mass is 391 g/mol. The summed E-state index contributed by atoms with van der Waals surface area (Å²) < 4.78 is 41.2. The Morgan fingerprint density at radius 1 is 1.22 bits per heavy atom. The van der Waals surface area contributed by atoms with E-state index in [1.54, 1.807) is 37.4 Å². The van der Waals surface area contributed by atoms with Gasteiger partial charge < -0.3 is 9.55 Å². The number of pyridine rings is 2. The Morgan fingerprint density at radius 3 is 2.67 bits per heavy atom. The molecule has 0 aliphatic carbocycles. The van der Waals surface area contributed by atoms with Crippen molar-refractivity contribution in [2.24, 2.45) is 0 Å². The number of aryl methyl sites for hydroxylation is 1. The molecule has 0 spiro atoms. The summed E-state index contributed by atoms with van der Waals surface area (Å²) in [6.45, 7) is 0.604. The Balaban J connectivity index is 2.18. The van der Waals surface area contributed by atoms with Gasteiger partial charge in [-0.2, -0.15) is 13.2 Å². The molecule has 8 heteroatoms. The summed E-state index contributed by atoms with van der Waals surface area (Å²) in [5.74, 6) is 0. The number of alkyl halides is 3. The zero-order valence-corrected chi connectivity index (χ0v) is 14.8. The van der Waals surface area contributed by atoms with Crippen molar-refractivity contribution >= 4 is 33.4 Å². The number of halogens is 4. The van der Waals surface area contributed by atoms with Gasteiger partial charge in [0.15, 0.2) is 0 Å². The minimum atomic E-state index is -4.40. The van der Waals surface area contributed by atoms with E-state index in [1.807, 2.05) is 0 Å². The van der Waals surface area contributed by atoms with Crippen molar-refractivity contribution in [2.45, 2.75) is 19.6 Å². The number of nitrogens with zero attached hydrogens (tertiary/aromatic N) is 2. The molecule has 0 unspecified atom stereocenters. The van der Waals surface area contributed by atoms with Crippen LogP contribution in [0.5, 0.6) is 0 Å². The summed E-state index contributed by atoms with van der Waals surface area (Å²) in [5.41, 5.74) is 2.14. The fraction of sp³-hybridized carbons (Fsp3) is 0.158. The quantitative estimate of drug-likeness (QED) is 0.518. The zero-order valence-electron chi connectivity index (χ0n) is 14.1. The number of aromatic nitrogens is 3. The molecular formula is C19H13ClF3N3O. The van der Waals surface area contributed by atoms with E-state index in [-0.39, 0.29) is 10.6 Å². The van der Waals surface area contributed by atoms with Gasteiger partial charge in [-0.15, -0.1) is 0 Å². The third-order valence-corrected chi connectivity index (χ3v) is 4.80. The van der Waals surface area contributed by atoms with Gasteiger partial charge in [0.2, 0.25) is 5.56 Å². The highest BCUT2D eigenvalue weighted by molar-refractivity contribution is 6.37. The van der Waals surface area contributed by atoms with Gasteiger partial charge in [0.25, 0.3) is 0 Å². The fourth-order valence-corrected chi connectivity index (χ4v) is 3.86. The average molecular weight is 392 g/mol. The second kappa shape index (κ2) is 6.13. The molecule has 0 aliphatic rings. The van der Waals surface area contributed by atoms with Crippen LogP contribution in [-0.2, 0) is 6.54 Å². The van der Waals surface area contributed by atoms with Crippen LogP contribution in [-0.4, -0.2) is 20.7 Å². The van der Waals surface area contributed by atoms with E-state index in [2.05, 4.69) is 9.97 Å². The van der Waals surface area contributed by atoms with Crippen molar-refractivity contribution in [3.05, 3.63) is 63.7 Å². The van der Waals surface area contributed by atoms with Crippen LogP contribution >= 0.6 is 11.6 Å². The van der Waals surface area contributed by atoms with Gasteiger partial charge >= 0.3 is 6.18 Å². The second-order valence-electron chi connectivity index (χ2n) is 6.28. The molecule has 3 heterocycles. The smallest absolute Gasteiger partial charge is 0.331 e. The van der Waals surface area contributed by atoms with Crippen molar-refractivity contribution in [1.82, 2.24) is 14.5 Å². The number of nitrogens with one attached hydrogen (secondary N) is 1. The minimum absolute atomic E-state index is 0.198. The molecule has 0 saturated heterocycles. The molecule has 4 aromatic rings. The Kier molecular flexibility index (Phi) is 3.99. The van der Waals surface area contributed by atoms with E-state index >= 15 is 0 Å². The van der Waals surface area contributed by atoms with Crippen LogP contribution in [0.1, 0.15) is 5.56 Å². The van der Waals surface area contributed by atoms with Crippen LogP contribution in [0.3, 0.4) is 0 Å². The molecular weight excluding hydrogens is 379 g/mol. The van der Waals surface area contributed by atoms with Crippen molar-refractivity contribution in [2.75, 3.05) is 0 Å². The largest absolute Gasteiger partial charge is 0.406 e. The summed E-state index contributed by atoms with van der Waals surface area (Å²) in [6, 6.07) is 7.76. The number of benzene rings is 1. The zero-order chi connectivity index (χ0) is 19.3. The van der Waals surface area contributed by atoms with Gasteiger partial charge in [-0.1, -0.05) is 11.6 Å². The number of rotatable bonds is 2. The SMILES string of the molecule is Cc1c(-c2cccnc2)n(CC(F)(F)F)c2ccc3[nH]c(=O)cc(Cl)c3c12. The molecule has 1 aromatic carbocycles. The maximum absolute atomic E-state index is 13.3. The summed E-state index contributed by atoms with van der Waals surface area (Å²) in [5, 5.41) is 1.30. The molecule has 0 bridgehead atoms. The summed E-state index contributed by atoms with van der Waals surface area (Å²) >= 11 is 6.29. The molecule has 0 saturated carbocycles. The van der Waals surface area contributed by atoms with E-state index in [1.165, 1.54) is 16.8 Å². The van der Waals surface area contributed by atoms with Crippen LogP contribution in [0.4, 0.5) is 13.2 Å². The third-order valence-electron chi connectivity index (χ3n) is 4.50. The molecule has 1 N–H and O–H groups in total. The number of aromatic amines is 1. The standard InChI is InChI=1S/C19H13ClF3N3O/c1-10-16-14(5-4-13-17(16)12(20)7-15(27)25-13)26(9-19(21,22)23)18(10)11-3-2-6-24-8-11/h2-8H,9H2,1H3,(H,25,27). The van der Waals surface area contributed by atoms with Crippen molar-refractivity contribution in [1.29, 1.82) is 0 Å². The number of H-pyrrole nitrogens is 1. The van der Waals surface area contributed by atoms with Crippen molar-refractivity contribution in [3.63, 3.8) is 0 Å².